The van der Waals surface area contributed by atoms with Crippen molar-refractivity contribution in [3.8, 4) is 5.75 Å². The lowest BCUT2D eigenvalue weighted by molar-refractivity contribution is -0.0629. The summed E-state index contributed by atoms with van der Waals surface area (Å²) < 4.78 is 0. The molecule has 0 spiro atoms. The molecule has 0 saturated carbocycles. The van der Waals surface area contributed by atoms with Gasteiger partial charge in [-0.05, 0) is 93.6 Å². The van der Waals surface area contributed by atoms with Gasteiger partial charge in [-0.25, -0.2) is 0 Å². The van der Waals surface area contributed by atoms with Crippen LogP contribution in [0, 0.1) is 11.3 Å². The van der Waals surface area contributed by atoms with Crippen molar-refractivity contribution in [3.63, 3.8) is 0 Å². The number of hydrogen-bond donors (Lipinski definition) is 2. The fraction of sp³-hybridized carbons (Fsp3) is 0.750. The molecule has 1 fully saturated rings. The van der Waals surface area contributed by atoms with E-state index in [0.29, 0.717) is 17.7 Å². The van der Waals surface area contributed by atoms with E-state index >= 15 is 0 Å². The minimum Gasteiger partial charge on any atom is -0.508 e. The van der Waals surface area contributed by atoms with Crippen molar-refractivity contribution in [3.05, 3.63) is 29.3 Å². The third-order valence-corrected chi connectivity index (χ3v) is 8.04. The van der Waals surface area contributed by atoms with Crippen LogP contribution in [0.25, 0.3) is 0 Å². The first-order valence-electron chi connectivity index (χ1n) is 10.7. The van der Waals surface area contributed by atoms with Crippen LogP contribution in [0.15, 0.2) is 18.2 Å². The lowest BCUT2D eigenvalue weighted by Gasteiger charge is -2.62. The molecule has 0 radical (unpaired) electrons. The molecule has 0 aromatic heterocycles. The van der Waals surface area contributed by atoms with Gasteiger partial charge in [-0.2, -0.15) is 0 Å². The van der Waals surface area contributed by atoms with E-state index in [1.54, 1.807) is 0 Å². The molecule has 1 aromatic rings. The van der Waals surface area contributed by atoms with Crippen molar-refractivity contribution in [2.24, 2.45) is 11.3 Å². The Morgan fingerprint density at radius 3 is 2.63 bits per heavy atom. The summed E-state index contributed by atoms with van der Waals surface area (Å²) in [6.45, 7) is 12.4. The smallest absolute Gasteiger partial charge is 0.115 e. The van der Waals surface area contributed by atoms with Crippen LogP contribution in [0.5, 0.6) is 5.75 Å². The van der Waals surface area contributed by atoms with Crippen LogP contribution in [0.2, 0.25) is 0 Å². The maximum Gasteiger partial charge on any atom is 0.115 e. The van der Waals surface area contributed by atoms with Crippen LogP contribution in [-0.2, 0) is 11.8 Å². The number of phenolic OH excluding ortho intramolecular Hbond substituents is 1. The molecular weight excluding hydrogens is 334 g/mol. The normalized spacial score (nSPS) is 33.0. The van der Waals surface area contributed by atoms with Crippen molar-refractivity contribution in [1.82, 2.24) is 4.90 Å². The zero-order chi connectivity index (χ0) is 20.0. The molecule has 3 rings (SSSR count). The standard InChI is InChI=1S/C24H39NO2/c1-17(2)9-10-22(3,27)11-12-24(5)21-15-18-7-8-19(26)16-20(18)23(24,4)13-14-25(21)6/h7-8,16-17,21,26-27H,9-15H2,1-6H3/t21-,22?,23-,24-/m1/s1. The number of hydrogen-bond acceptors (Lipinski definition) is 3. The quantitative estimate of drug-likeness (QED) is 0.746. The topological polar surface area (TPSA) is 43.7 Å². The summed E-state index contributed by atoms with van der Waals surface area (Å²) in [5, 5.41) is 21.2. The van der Waals surface area contributed by atoms with Gasteiger partial charge in [-0.1, -0.05) is 33.8 Å². The van der Waals surface area contributed by atoms with Crippen molar-refractivity contribution in [1.29, 1.82) is 0 Å². The van der Waals surface area contributed by atoms with E-state index in [2.05, 4.69) is 45.7 Å². The second-order valence-corrected chi connectivity index (χ2v) is 10.5. The predicted molar refractivity (Wildman–Crippen MR) is 112 cm³/mol. The molecular formula is C24H39NO2. The number of likely N-dealkylation sites (N-methyl/N-ethyl adjacent to an activating group) is 1. The average Bonchev–Trinajstić information content (AvgIpc) is 2.59. The number of piperidine rings is 1. The summed E-state index contributed by atoms with van der Waals surface area (Å²) in [5.41, 5.74) is 2.23. The molecule has 2 bridgehead atoms. The molecule has 1 heterocycles. The molecule has 3 nitrogen and oxygen atoms in total. The van der Waals surface area contributed by atoms with E-state index in [0.717, 1.165) is 45.1 Å². The summed E-state index contributed by atoms with van der Waals surface area (Å²) >= 11 is 0. The first-order valence-corrected chi connectivity index (χ1v) is 10.7. The number of phenols is 1. The molecule has 2 aliphatic rings. The van der Waals surface area contributed by atoms with Gasteiger partial charge in [-0.15, -0.1) is 0 Å². The Balaban J connectivity index is 1.91. The largest absolute Gasteiger partial charge is 0.508 e. The van der Waals surface area contributed by atoms with E-state index in [4.69, 9.17) is 0 Å². The van der Waals surface area contributed by atoms with Crippen LogP contribution >= 0.6 is 0 Å². The van der Waals surface area contributed by atoms with E-state index in [1.165, 1.54) is 11.1 Å². The van der Waals surface area contributed by atoms with E-state index in [9.17, 15) is 10.2 Å². The molecule has 152 valence electrons. The first kappa shape index (κ1) is 20.7. The highest BCUT2D eigenvalue weighted by molar-refractivity contribution is 5.45. The number of benzene rings is 1. The van der Waals surface area contributed by atoms with Crippen LogP contribution < -0.4 is 0 Å². The van der Waals surface area contributed by atoms with Gasteiger partial charge >= 0.3 is 0 Å². The number of aromatic hydroxyl groups is 1. The van der Waals surface area contributed by atoms with Gasteiger partial charge < -0.3 is 15.1 Å². The van der Waals surface area contributed by atoms with E-state index in [-0.39, 0.29) is 10.8 Å². The Kier molecular flexibility index (Phi) is 5.42. The Morgan fingerprint density at radius 1 is 1.26 bits per heavy atom. The van der Waals surface area contributed by atoms with Gasteiger partial charge in [0.05, 0.1) is 5.60 Å². The van der Waals surface area contributed by atoms with Crippen molar-refractivity contribution in [2.75, 3.05) is 13.6 Å². The number of nitrogens with zero attached hydrogens (tertiary/aromatic N) is 1. The predicted octanol–water partition coefficient (Wildman–Crippen LogP) is 4.88. The molecule has 2 N–H and O–H groups in total. The summed E-state index contributed by atoms with van der Waals surface area (Å²) in [4.78, 5) is 2.53. The fourth-order valence-corrected chi connectivity index (χ4v) is 5.68. The first-order chi connectivity index (χ1) is 12.5. The van der Waals surface area contributed by atoms with Crippen LogP contribution in [0.3, 0.4) is 0 Å². The lowest BCUT2D eigenvalue weighted by Crippen LogP contribution is -2.64. The van der Waals surface area contributed by atoms with Crippen molar-refractivity contribution >= 4 is 0 Å². The van der Waals surface area contributed by atoms with Crippen LogP contribution in [-0.4, -0.2) is 40.3 Å². The molecule has 1 aliphatic heterocycles. The Hall–Kier alpha value is -1.06. The van der Waals surface area contributed by atoms with Crippen molar-refractivity contribution < 1.29 is 10.2 Å². The number of fused-ring (bicyclic) bond motifs is 4. The van der Waals surface area contributed by atoms with Crippen molar-refractivity contribution in [2.45, 2.75) is 90.2 Å². The zero-order valence-corrected chi connectivity index (χ0v) is 18.2. The fourth-order valence-electron chi connectivity index (χ4n) is 5.68. The SMILES string of the molecule is CC(C)CCC(C)(O)CC[C@]1(C)[C@H]2Cc3ccc(O)cc3[C@@]1(C)CCN2C. The lowest BCUT2D eigenvalue weighted by atomic mass is 9.48. The van der Waals surface area contributed by atoms with Crippen LogP contribution in [0.4, 0.5) is 0 Å². The van der Waals surface area contributed by atoms with Gasteiger partial charge in [0.1, 0.15) is 5.75 Å². The number of likely N-dealkylation sites (tertiary alicyclic amines) is 1. The van der Waals surface area contributed by atoms with Gasteiger partial charge in [0.25, 0.3) is 0 Å². The minimum atomic E-state index is -0.602. The molecule has 4 atom stereocenters. The Bertz CT molecular complexity index is 683. The average molecular weight is 374 g/mol. The zero-order valence-electron chi connectivity index (χ0n) is 18.2. The minimum absolute atomic E-state index is 0.0324. The molecule has 1 aromatic carbocycles. The van der Waals surface area contributed by atoms with Gasteiger partial charge in [0.15, 0.2) is 0 Å². The van der Waals surface area contributed by atoms with Crippen LogP contribution in [0.1, 0.15) is 77.8 Å². The molecule has 1 aliphatic carbocycles. The van der Waals surface area contributed by atoms with Gasteiger partial charge in [0.2, 0.25) is 0 Å². The molecule has 1 unspecified atom stereocenters. The third kappa shape index (κ3) is 3.65. The molecule has 0 amide bonds. The summed E-state index contributed by atoms with van der Waals surface area (Å²) in [7, 11) is 2.25. The molecule has 1 saturated heterocycles. The Labute approximate surface area is 165 Å². The summed E-state index contributed by atoms with van der Waals surface area (Å²) in [6, 6.07) is 6.44. The second-order valence-electron chi connectivity index (χ2n) is 10.5. The summed E-state index contributed by atoms with van der Waals surface area (Å²) in [6.07, 6.45) is 5.92. The molecule has 27 heavy (non-hydrogen) atoms. The number of rotatable bonds is 6. The van der Waals surface area contributed by atoms with E-state index < -0.39 is 5.60 Å². The van der Waals surface area contributed by atoms with E-state index in [1.807, 2.05) is 19.1 Å². The maximum absolute atomic E-state index is 11.0. The van der Waals surface area contributed by atoms with Gasteiger partial charge in [-0.3, -0.25) is 0 Å². The third-order valence-electron chi connectivity index (χ3n) is 8.04. The summed E-state index contributed by atoms with van der Waals surface area (Å²) in [5.74, 6) is 0.998. The monoisotopic (exact) mass is 373 g/mol. The Morgan fingerprint density at radius 2 is 1.96 bits per heavy atom. The number of aliphatic hydroxyl groups is 1. The second kappa shape index (κ2) is 7.08. The highest BCUT2D eigenvalue weighted by atomic mass is 16.3. The highest BCUT2D eigenvalue weighted by Gasteiger charge is 2.57. The highest BCUT2D eigenvalue weighted by Crippen LogP contribution is 2.58. The molecule has 3 heteroatoms. The maximum atomic E-state index is 11.0. The van der Waals surface area contributed by atoms with Gasteiger partial charge in [0, 0.05) is 11.5 Å².